The van der Waals surface area contributed by atoms with Gasteiger partial charge in [0.25, 0.3) is 0 Å². The van der Waals surface area contributed by atoms with Gasteiger partial charge in [-0.15, -0.1) is 11.3 Å². The summed E-state index contributed by atoms with van der Waals surface area (Å²) in [6.45, 7) is 5.71. The summed E-state index contributed by atoms with van der Waals surface area (Å²) < 4.78 is 26.8. The van der Waals surface area contributed by atoms with Gasteiger partial charge >= 0.3 is 0 Å². The van der Waals surface area contributed by atoms with Crippen LogP contribution >= 0.6 is 22.9 Å². The molecule has 1 N–H and O–H groups in total. The van der Waals surface area contributed by atoms with E-state index in [-0.39, 0.29) is 31.1 Å². The molecule has 1 aromatic heterocycles. The molecule has 1 aliphatic carbocycles. The smallest absolute Gasteiger partial charge is 0.248 e. The van der Waals surface area contributed by atoms with Gasteiger partial charge in [-0.1, -0.05) is 11.6 Å². The van der Waals surface area contributed by atoms with Crippen molar-refractivity contribution in [2.24, 2.45) is 5.92 Å². The van der Waals surface area contributed by atoms with Crippen LogP contribution in [0.15, 0.2) is 18.2 Å². The minimum Gasteiger partial charge on any atom is -0.367 e. The average Bonchev–Trinajstić information content (AvgIpc) is 2.95. The number of nitrogens with one attached hydrogen (secondary N) is 1. The molecule has 0 saturated heterocycles. The molecule has 1 amide bonds. The van der Waals surface area contributed by atoms with E-state index in [4.69, 9.17) is 11.6 Å². The number of aryl methyl sites for hydroxylation is 2. The Labute approximate surface area is 172 Å². The number of thiophene rings is 1. The predicted molar refractivity (Wildman–Crippen MR) is 111 cm³/mol. The molecule has 0 unspecified atom stereocenters. The predicted octanol–water partition coefficient (Wildman–Crippen LogP) is 5.95. The summed E-state index contributed by atoms with van der Waals surface area (Å²) in [5.74, 6) is -2.98. The molecule has 0 atom stereocenters. The van der Waals surface area contributed by atoms with Gasteiger partial charge in [0.15, 0.2) is 0 Å². The molecule has 28 heavy (non-hydrogen) atoms. The molecule has 0 radical (unpaired) electrons. The van der Waals surface area contributed by atoms with E-state index in [0.29, 0.717) is 0 Å². The second kappa shape index (κ2) is 7.30. The number of anilines is 2. The van der Waals surface area contributed by atoms with Gasteiger partial charge in [0.05, 0.1) is 4.34 Å². The summed E-state index contributed by atoms with van der Waals surface area (Å²) in [5, 5.41) is 2.94. The number of hydrogen-bond acceptors (Lipinski definition) is 3. The van der Waals surface area contributed by atoms with Crippen LogP contribution in [0.5, 0.6) is 0 Å². The van der Waals surface area contributed by atoms with E-state index in [1.165, 1.54) is 10.4 Å². The van der Waals surface area contributed by atoms with E-state index in [1.54, 1.807) is 11.3 Å². The molecular formula is C21H23ClF2N2OS. The summed E-state index contributed by atoms with van der Waals surface area (Å²) in [5.41, 5.74) is 5.16. The van der Waals surface area contributed by atoms with Crippen molar-refractivity contribution < 1.29 is 13.6 Å². The Bertz CT molecular complexity index is 896. The van der Waals surface area contributed by atoms with Gasteiger partial charge in [0, 0.05) is 48.6 Å². The number of rotatable bonds is 4. The molecule has 7 heteroatoms. The fourth-order valence-electron chi connectivity index (χ4n) is 4.22. The van der Waals surface area contributed by atoms with Gasteiger partial charge in [0.1, 0.15) is 0 Å². The maximum atomic E-state index is 13.0. The van der Waals surface area contributed by atoms with Crippen LogP contribution < -0.4 is 10.2 Å². The summed E-state index contributed by atoms with van der Waals surface area (Å²) in [4.78, 5) is 16.0. The number of fused-ring (bicyclic) bond motifs is 1. The Morgan fingerprint density at radius 1 is 1.29 bits per heavy atom. The maximum absolute atomic E-state index is 13.0. The highest BCUT2D eigenvalue weighted by Crippen LogP contribution is 2.44. The molecule has 1 fully saturated rings. The van der Waals surface area contributed by atoms with Gasteiger partial charge in [0.2, 0.25) is 11.8 Å². The lowest BCUT2D eigenvalue weighted by atomic mass is 9.79. The van der Waals surface area contributed by atoms with Crippen molar-refractivity contribution in [3.05, 3.63) is 44.1 Å². The summed E-state index contributed by atoms with van der Waals surface area (Å²) in [6, 6.07) is 6.21. The number of carbonyl (C=O) groups excluding carboxylic acids is 1. The van der Waals surface area contributed by atoms with Crippen LogP contribution in [0.1, 0.15) is 40.8 Å². The van der Waals surface area contributed by atoms with E-state index in [1.807, 2.05) is 19.9 Å². The van der Waals surface area contributed by atoms with E-state index in [0.717, 1.165) is 46.3 Å². The maximum Gasteiger partial charge on any atom is 0.248 e. The molecule has 0 bridgehead atoms. The first-order valence-corrected chi connectivity index (χ1v) is 10.7. The van der Waals surface area contributed by atoms with Crippen molar-refractivity contribution in [3.8, 4) is 0 Å². The Hall–Kier alpha value is -1.66. The molecule has 150 valence electrons. The topological polar surface area (TPSA) is 32.3 Å². The first-order chi connectivity index (χ1) is 13.2. The quantitative estimate of drug-likeness (QED) is 0.657. The lowest BCUT2D eigenvalue weighted by Crippen LogP contribution is -2.37. The third kappa shape index (κ3) is 4.03. The molecule has 0 spiro atoms. The van der Waals surface area contributed by atoms with Crippen molar-refractivity contribution >= 4 is 40.2 Å². The van der Waals surface area contributed by atoms with Crippen LogP contribution in [-0.4, -0.2) is 18.4 Å². The van der Waals surface area contributed by atoms with Crippen LogP contribution in [0.25, 0.3) is 0 Å². The Balaban J connectivity index is 1.44. The van der Waals surface area contributed by atoms with Gasteiger partial charge < -0.3 is 10.2 Å². The zero-order valence-electron chi connectivity index (χ0n) is 15.9. The number of hydrogen-bond donors (Lipinski definition) is 1. The lowest BCUT2D eigenvalue weighted by molar-refractivity contribution is -0.129. The highest BCUT2D eigenvalue weighted by atomic mass is 35.5. The molecule has 4 rings (SSSR count). The number of halogens is 3. The normalized spacial score (nSPS) is 18.5. The van der Waals surface area contributed by atoms with Crippen molar-refractivity contribution in [2.75, 3.05) is 16.8 Å². The Morgan fingerprint density at radius 3 is 2.61 bits per heavy atom. The number of alkyl halides is 2. The number of amides is 1. The number of benzene rings is 1. The first kappa shape index (κ1) is 19.6. The summed E-state index contributed by atoms with van der Waals surface area (Å²) in [7, 11) is 0. The number of nitrogens with zero attached hydrogens (tertiary/aromatic N) is 1. The third-order valence-electron chi connectivity index (χ3n) is 5.63. The zero-order valence-corrected chi connectivity index (χ0v) is 17.5. The SMILES string of the molecule is Cc1cc(N2CCc3sc(Cl)cc3C2)cc(C)c1NC(=O)CC1CC(F)(F)C1. The van der Waals surface area contributed by atoms with E-state index in [2.05, 4.69) is 22.3 Å². The van der Waals surface area contributed by atoms with Crippen molar-refractivity contribution in [1.29, 1.82) is 0 Å². The molecule has 2 heterocycles. The van der Waals surface area contributed by atoms with E-state index < -0.39 is 5.92 Å². The largest absolute Gasteiger partial charge is 0.367 e. The fourth-order valence-corrected chi connectivity index (χ4v) is 5.52. The monoisotopic (exact) mass is 424 g/mol. The van der Waals surface area contributed by atoms with Gasteiger partial charge in [-0.05, 0) is 61.1 Å². The van der Waals surface area contributed by atoms with Crippen molar-refractivity contribution in [3.63, 3.8) is 0 Å². The van der Waals surface area contributed by atoms with Crippen molar-refractivity contribution in [2.45, 2.75) is 52.0 Å². The van der Waals surface area contributed by atoms with Gasteiger partial charge in [-0.3, -0.25) is 4.79 Å². The second-order valence-electron chi connectivity index (χ2n) is 8.01. The Kier molecular flexibility index (Phi) is 5.12. The van der Waals surface area contributed by atoms with Crippen LogP contribution in [0.4, 0.5) is 20.2 Å². The first-order valence-electron chi connectivity index (χ1n) is 9.51. The highest BCUT2D eigenvalue weighted by Gasteiger charge is 2.45. The van der Waals surface area contributed by atoms with Crippen LogP contribution in [-0.2, 0) is 17.8 Å². The Morgan fingerprint density at radius 2 is 1.96 bits per heavy atom. The van der Waals surface area contributed by atoms with Gasteiger partial charge in [-0.2, -0.15) is 0 Å². The van der Waals surface area contributed by atoms with Crippen LogP contribution in [0.3, 0.4) is 0 Å². The standard InChI is InChI=1S/C21H23ClF2N2OS/c1-12-5-16(26-4-3-17-15(11-26)8-18(22)28-17)6-13(2)20(12)25-19(27)7-14-9-21(23,24)10-14/h5-6,8,14H,3-4,7,9-11H2,1-2H3,(H,25,27). The second-order valence-corrected chi connectivity index (χ2v) is 9.78. The van der Waals surface area contributed by atoms with E-state index in [9.17, 15) is 13.6 Å². The highest BCUT2D eigenvalue weighted by molar-refractivity contribution is 7.16. The minimum atomic E-state index is -2.58. The number of carbonyl (C=O) groups is 1. The lowest BCUT2D eigenvalue weighted by Gasteiger charge is -2.34. The molecule has 2 aliphatic rings. The molecule has 1 saturated carbocycles. The molecular weight excluding hydrogens is 402 g/mol. The molecule has 1 aliphatic heterocycles. The molecule has 3 nitrogen and oxygen atoms in total. The fraction of sp³-hybridized carbons (Fsp3) is 0.476. The van der Waals surface area contributed by atoms with Crippen LogP contribution in [0.2, 0.25) is 4.34 Å². The van der Waals surface area contributed by atoms with Crippen LogP contribution in [0, 0.1) is 19.8 Å². The summed E-state index contributed by atoms with van der Waals surface area (Å²) in [6.07, 6.45) is 0.779. The average molecular weight is 425 g/mol. The van der Waals surface area contributed by atoms with Crippen molar-refractivity contribution in [1.82, 2.24) is 0 Å². The third-order valence-corrected chi connectivity index (χ3v) is 7.00. The van der Waals surface area contributed by atoms with E-state index >= 15 is 0 Å². The zero-order chi connectivity index (χ0) is 20.1. The van der Waals surface area contributed by atoms with Gasteiger partial charge in [-0.25, -0.2) is 8.78 Å². The minimum absolute atomic E-state index is 0.157. The molecule has 1 aromatic carbocycles. The molecule has 2 aromatic rings. The summed E-state index contributed by atoms with van der Waals surface area (Å²) >= 11 is 7.81.